The number of rotatable bonds is 3. The van der Waals surface area contributed by atoms with Crippen molar-refractivity contribution in [1.29, 1.82) is 0 Å². The molecule has 2 aliphatic rings. The normalized spacial score (nSPS) is 21.1. The largest absolute Gasteiger partial charge is 0.500 e. The molecule has 0 bridgehead atoms. The lowest BCUT2D eigenvalue weighted by Crippen LogP contribution is -2.04. The van der Waals surface area contributed by atoms with Gasteiger partial charge in [0.2, 0.25) is 0 Å². The maximum Gasteiger partial charge on any atom is 0.166 e. The topological polar surface area (TPSA) is 26.3 Å². The second-order valence-electron chi connectivity index (χ2n) is 3.97. The summed E-state index contributed by atoms with van der Waals surface area (Å²) in [7, 11) is 0. The van der Waals surface area contributed by atoms with E-state index in [1.54, 1.807) is 6.26 Å². The average Bonchev–Trinajstić information content (AvgIpc) is 2.72. The fourth-order valence-electron chi connectivity index (χ4n) is 1.98. The molecule has 0 aromatic rings. The molecule has 76 valence electrons. The molecule has 0 radical (unpaired) electrons. The molecule has 1 aliphatic heterocycles. The van der Waals surface area contributed by atoms with Crippen molar-refractivity contribution in [3.05, 3.63) is 23.5 Å². The number of hydrogen-bond donors (Lipinski definition) is 0. The van der Waals surface area contributed by atoms with Gasteiger partial charge in [-0.3, -0.25) is 4.79 Å². The molecule has 0 saturated carbocycles. The third kappa shape index (κ3) is 2.25. The SMILES string of the molecule is O=C(CC1=CCCCC1)C1=COCC1. The van der Waals surface area contributed by atoms with Crippen LogP contribution in [0.25, 0.3) is 0 Å². The summed E-state index contributed by atoms with van der Waals surface area (Å²) in [5.74, 6) is 0.260. The van der Waals surface area contributed by atoms with Crippen LogP contribution in [0.2, 0.25) is 0 Å². The van der Waals surface area contributed by atoms with Crippen molar-refractivity contribution in [1.82, 2.24) is 0 Å². The molecule has 0 N–H and O–H groups in total. The standard InChI is InChI=1S/C12H16O2/c13-12(11-6-7-14-9-11)8-10-4-2-1-3-5-10/h4,9H,1-3,5-8H2. The van der Waals surface area contributed by atoms with Crippen molar-refractivity contribution in [3.63, 3.8) is 0 Å². The molecule has 0 fully saturated rings. The monoisotopic (exact) mass is 192 g/mol. The highest BCUT2D eigenvalue weighted by atomic mass is 16.5. The quantitative estimate of drug-likeness (QED) is 0.643. The minimum absolute atomic E-state index is 0.260. The Labute approximate surface area is 84.6 Å². The number of allylic oxidation sites excluding steroid dienone is 2. The van der Waals surface area contributed by atoms with Crippen molar-refractivity contribution in [2.24, 2.45) is 0 Å². The second-order valence-corrected chi connectivity index (χ2v) is 3.97. The Balaban J connectivity index is 1.90. The van der Waals surface area contributed by atoms with Gasteiger partial charge in [-0.05, 0) is 25.7 Å². The first-order chi connectivity index (χ1) is 6.86. The molecule has 14 heavy (non-hydrogen) atoms. The first kappa shape index (κ1) is 9.50. The summed E-state index contributed by atoms with van der Waals surface area (Å²) in [6, 6.07) is 0. The Morgan fingerprint density at radius 1 is 1.36 bits per heavy atom. The molecule has 1 aliphatic carbocycles. The van der Waals surface area contributed by atoms with Gasteiger partial charge in [0.05, 0.1) is 12.9 Å². The van der Waals surface area contributed by atoms with Crippen LogP contribution in [0.5, 0.6) is 0 Å². The van der Waals surface area contributed by atoms with E-state index in [1.165, 1.54) is 18.4 Å². The van der Waals surface area contributed by atoms with Gasteiger partial charge in [0, 0.05) is 18.4 Å². The van der Waals surface area contributed by atoms with Crippen LogP contribution >= 0.6 is 0 Å². The molecule has 2 heteroatoms. The van der Waals surface area contributed by atoms with Crippen LogP contribution in [0.1, 0.15) is 38.5 Å². The van der Waals surface area contributed by atoms with E-state index < -0.39 is 0 Å². The first-order valence-electron chi connectivity index (χ1n) is 5.38. The average molecular weight is 192 g/mol. The van der Waals surface area contributed by atoms with Gasteiger partial charge in [-0.15, -0.1) is 0 Å². The van der Waals surface area contributed by atoms with Crippen LogP contribution < -0.4 is 0 Å². The van der Waals surface area contributed by atoms with Crippen molar-refractivity contribution in [3.8, 4) is 0 Å². The van der Waals surface area contributed by atoms with Gasteiger partial charge in [-0.25, -0.2) is 0 Å². The molecule has 2 rings (SSSR count). The van der Waals surface area contributed by atoms with Crippen LogP contribution in [0.3, 0.4) is 0 Å². The highest BCUT2D eigenvalue weighted by Crippen LogP contribution is 2.23. The molecule has 0 atom stereocenters. The predicted octanol–water partition coefficient (Wildman–Crippen LogP) is 2.75. The van der Waals surface area contributed by atoms with E-state index in [0.717, 1.165) is 24.8 Å². The van der Waals surface area contributed by atoms with Crippen LogP contribution in [-0.2, 0) is 9.53 Å². The summed E-state index contributed by atoms with van der Waals surface area (Å²) in [6.07, 6.45) is 10.1. The fraction of sp³-hybridized carbons (Fsp3) is 0.583. The summed E-state index contributed by atoms with van der Waals surface area (Å²) in [6.45, 7) is 0.681. The van der Waals surface area contributed by atoms with E-state index in [2.05, 4.69) is 6.08 Å². The van der Waals surface area contributed by atoms with E-state index in [0.29, 0.717) is 13.0 Å². The molecule has 1 heterocycles. The lowest BCUT2D eigenvalue weighted by atomic mass is 9.93. The Hall–Kier alpha value is -1.05. The summed E-state index contributed by atoms with van der Waals surface area (Å²) in [5, 5.41) is 0. The molecular weight excluding hydrogens is 176 g/mol. The van der Waals surface area contributed by atoms with Gasteiger partial charge >= 0.3 is 0 Å². The van der Waals surface area contributed by atoms with E-state index in [1.807, 2.05) is 0 Å². The molecule has 0 spiro atoms. The third-order valence-corrected chi connectivity index (χ3v) is 2.85. The smallest absolute Gasteiger partial charge is 0.166 e. The maximum absolute atomic E-state index is 11.7. The van der Waals surface area contributed by atoms with Gasteiger partial charge in [-0.2, -0.15) is 0 Å². The lowest BCUT2D eigenvalue weighted by Gasteiger charge is -2.11. The number of carbonyl (C=O) groups excluding carboxylic acids is 1. The highest BCUT2D eigenvalue weighted by Gasteiger charge is 2.16. The molecule has 0 saturated heterocycles. The number of ether oxygens (including phenoxy) is 1. The molecule has 0 aromatic heterocycles. The Bertz CT molecular complexity index is 287. The van der Waals surface area contributed by atoms with Crippen molar-refractivity contribution in [2.75, 3.05) is 6.61 Å². The van der Waals surface area contributed by atoms with Gasteiger partial charge < -0.3 is 4.74 Å². The van der Waals surface area contributed by atoms with Gasteiger partial charge in [0.25, 0.3) is 0 Å². The van der Waals surface area contributed by atoms with E-state index in [-0.39, 0.29) is 5.78 Å². The van der Waals surface area contributed by atoms with Crippen LogP contribution in [0.4, 0.5) is 0 Å². The molecule has 0 unspecified atom stereocenters. The maximum atomic E-state index is 11.7. The highest BCUT2D eigenvalue weighted by molar-refractivity contribution is 5.96. The molecule has 2 nitrogen and oxygen atoms in total. The summed E-state index contributed by atoms with van der Waals surface area (Å²) in [4.78, 5) is 11.7. The number of hydrogen-bond acceptors (Lipinski definition) is 2. The molecule has 0 amide bonds. The summed E-state index contributed by atoms with van der Waals surface area (Å²) < 4.78 is 5.07. The molecule has 0 aromatic carbocycles. The predicted molar refractivity (Wildman–Crippen MR) is 54.8 cm³/mol. The van der Waals surface area contributed by atoms with Crippen molar-refractivity contribution < 1.29 is 9.53 Å². The minimum Gasteiger partial charge on any atom is -0.500 e. The summed E-state index contributed by atoms with van der Waals surface area (Å²) in [5.41, 5.74) is 2.20. The van der Waals surface area contributed by atoms with Crippen molar-refractivity contribution >= 4 is 5.78 Å². The van der Waals surface area contributed by atoms with Crippen LogP contribution in [0.15, 0.2) is 23.5 Å². The van der Waals surface area contributed by atoms with Crippen molar-refractivity contribution in [2.45, 2.75) is 38.5 Å². The Morgan fingerprint density at radius 2 is 2.29 bits per heavy atom. The lowest BCUT2D eigenvalue weighted by molar-refractivity contribution is -0.115. The minimum atomic E-state index is 0.260. The third-order valence-electron chi connectivity index (χ3n) is 2.85. The van der Waals surface area contributed by atoms with Crippen LogP contribution in [0, 0.1) is 0 Å². The Kier molecular flexibility index (Phi) is 3.02. The van der Waals surface area contributed by atoms with E-state index >= 15 is 0 Å². The number of Topliss-reactive ketones (excluding diaryl/α,β-unsaturated/α-hetero) is 1. The van der Waals surface area contributed by atoms with E-state index in [9.17, 15) is 4.79 Å². The van der Waals surface area contributed by atoms with E-state index in [4.69, 9.17) is 4.74 Å². The zero-order valence-electron chi connectivity index (χ0n) is 8.42. The molecular formula is C12H16O2. The summed E-state index contributed by atoms with van der Waals surface area (Å²) >= 11 is 0. The van der Waals surface area contributed by atoms with Gasteiger partial charge in [0.15, 0.2) is 5.78 Å². The number of ketones is 1. The zero-order valence-corrected chi connectivity index (χ0v) is 8.42. The van der Waals surface area contributed by atoms with Gasteiger partial charge in [-0.1, -0.05) is 11.6 Å². The Morgan fingerprint density at radius 3 is 2.93 bits per heavy atom. The first-order valence-corrected chi connectivity index (χ1v) is 5.38. The van der Waals surface area contributed by atoms with Gasteiger partial charge in [0.1, 0.15) is 0 Å². The van der Waals surface area contributed by atoms with Crippen LogP contribution in [-0.4, -0.2) is 12.4 Å². The zero-order chi connectivity index (χ0) is 9.80. The number of carbonyl (C=O) groups is 1. The fourth-order valence-corrected chi connectivity index (χ4v) is 1.98. The second kappa shape index (κ2) is 4.45.